The van der Waals surface area contributed by atoms with Gasteiger partial charge in [0.25, 0.3) is 0 Å². The van der Waals surface area contributed by atoms with E-state index in [2.05, 4.69) is 9.44 Å². The summed E-state index contributed by atoms with van der Waals surface area (Å²) in [6.45, 7) is 0.0113. The number of nitrogens with zero attached hydrogens (tertiary/aromatic N) is 2. The van der Waals surface area contributed by atoms with E-state index in [0.717, 1.165) is 23.6 Å². The molecule has 0 bridgehead atoms. The molecule has 2 aliphatic rings. The van der Waals surface area contributed by atoms with Crippen molar-refractivity contribution in [2.24, 2.45) is 0 Å². The molecule has 4 rings (SSSR count). The number of hydrogen-bond acceptors (Lipinski definition) is 7. The van der Waals surface area contributed by atoms with Gasteiger partial charge in [-0.1, -0.05) is 17.7 Å². The summed E-state index contributed by atoms with van der Waals surface area (Å²) in [4.78, 5) is 29.0. The molecule has 0 saturated carbocycles. The first-order valence-electron chi connectivity index (χ1n) is 12.9. The van der Waals surface area contributed by atoms with Gasteiger partial charge in [-0.15, -0.1) is 11.3 Å². The average molecular weight is 669 g/mol. The van der Waals surface area contributed by atoms with E-state index in [4.69, 9.17) is 11.6 Å². The van der Waals surface area contributed by atoms with Gasteiger partial charge in [0, 0.05) is 36.0 Å². The van der Waals surface area contributed by atoms with Crippen LogP contribution in [0.5, 0.6) is 0 Å². The molecule has 2 fully saturated rings. The van der Waals surface area contributed by atoms with E-state index in [9.17, 15) is 39.6 Å². The monoisotopic (exact) mass is 668 g/mol. The maximum Gasteiger partial charge on any atom is 0.416 e. The van der Waals surface area contributed by atoms with E-state index >= 15 is 0 Å². The molecule has 230 valence electrons. The molecule has 0 radical (unpaired) electrons. The van der Waals surface area contributed by atoms with Crippen LogP contribution >= 0.6 is 22.9 Å². The third-order valence-electron chi connectivity index (χ3n) is 6.85. The number of likely N-dealkylation sites (tertiary alicyclic amines) is 2. The fraction of sp³-hybridized carbons (Fsp3) is 0.440. The van der Waals surface area contributed by atoms with Crippen LogP contribution in [0.15, 0.2) is 46.7 Å². The zero-order chi connectivity index (χ0) is 30.7. The van der Waals surface area contributed by atoms with Crippen molar-refractivity contribution in [1.82, 2.24) is 19.2 Å². The third kappa shape index (κ3) is 8.32. The van der Waals surface area contributed by atoms with Crippen molar-refractivity contribution in [1.29, 1.82) is 0 Å². The zero-order valence-electron chi connectivity index (χ0n) is 22.0. The minimum atomic E-state index is -4.71. The highest BCUT2D eigenvalue weighted by atomic mass is 35.5. The molecule has 2 N–H and O–H groups in total. The van der Waals surface area contributed by atoms with Crippen LogP contribution in [-0.2, 0) is 35.8 Å². The highest BCUT2D eigenvalue weighted by Gasteiger charge is 2.36. The standard InChI is InChI=1S/C25H28ClF3N4O6S3/c26-22-9-8-19(40-22)10-13-41(36,37)31-21-7-3-11-32(24(21)35)16-23(34)33-12-2-5-18(33)15-30-42(38,39)20-6-1-4-17(14-20)25(27,28)29/h1,4,6,8-10,13-14,18,21,30-31H,2-3,5,7,11-12,15-16H2/b13-10+. The first-order chi connectivity index (χ1) is 19.6. The van der Waals surface area contributed by atoms with Crippen molar-refractivity contribution in [2.75, 3.05) is 26.2 Å². The molecule has 1 aromatic carbocycles. The molecule has 42 heavy (non-hydrogen) atoms. The number of piperidine rings is 1. The van der Waals surface area contributed by atoms with Gasteiger partial charge in [0.2, 0.25) is 31.9 Å². The second kappa shape index (κ2) is 13.0. The van der Waals surface area contributed by atoms with Crippen LogP contribution in [0.4, 0.5) is 13.2 Å². The highest BCUT2D eigenvalue weighted by molar-refractivity contribution is 7.92. The molecule has 2 aliphatic heterocycles. The highest BCUT2D eigenvalue weighted by Crippen LogP contribution is 2.30. The molecule has 2 atom stereocenters. The van der Waals surface area contributed by atoms with Gasteiger partial charge < -0.3 is 9.80 Å². The molecular formula is C25H28ClF3N4O6S3. The Morgan fingerprint density at radius 3 is 2.52 bits per heavy atom. The number of halogens is 4. The topological polar surface area (TPSA) is 133 Å². The van der Waals surface area contributed by atoms with Gasteiger partial charge in [-0.3, -0.25) is 9.59 Å². The minimum absolute atomic E-state index is 0.220. The number of nitrogens with one attached hydrogen (secondary N) is 2. The van der Waals surface area contributed by atoms with Crippen molar-refractivity contribution in [2.45, 2.75) is 48.8 Å². The van der Waals surface area contributed by atoms with Crippen LogP contribution in [0.2, 0.25) is 4.34 Å². The smallest absolute Gasteiger partial charge is 0.337 e. The summed E-state index contributed by atoms with van der Waals surface area (Å²) in [5, 5.41) is 0.946. The van der Waals surface area contributed by atoms with Crippen LogP contribution in [0.1, 0.15) is 36.1 Å². The molecule has 2 aromatic rings. The lowest BCUT2D eigenvalue weighted by molar-refractivity contribution is -0.143. The molecule has 0 aliphatic carbocycles. The normalized spacial score (nSPS) is 20.5. The van der Waals surface area contributed by atoms with Gasteiger partial charge in [0.05, 0.1) is 21.3 Å². The number of carbonyl (C=O) groups excluding carboxylic acids is 2. The van der Waals surface area contributed by atoms with E-state index < -0.39 is 60.6 Å². The Morgan fingerprint density at radius 1 is 1.10 bits per heavy atom. The number of thiophene rings is 1. The minimum Gasteiger partial charge on any atom is -0.337 e. The van der Waals surface area contributed by atoms with Gasteiger partial charge in [0.1, 0.15) is 6.04 Å². The summed E-state index contributed by atoms with van der Waals surface area (Å²) in [6.07, 6.45) is -1.61. The molecule has 17 heteroatoms. The van der Waals surface area contributed by atoms with Crippen LogP contribution in [0.25, 0.3) is 6.08 Å². The number of sulfonamides is 2. The average Bonchev–Trinajstić information content (AvgIpc) is 3.57. The second-order valence-corrected chi connectivity index (χ2v) is 14.9. The van der Waals surface area contributed by atoms with E-state index in [1.165, 1.54) is 27.2 Å². The van der Waals surface area contributed by atoms with Gasteiger partial charge in [-0.25, -0.2) is 21.6 Å². The maximum atomic E-state index is 13.1. The predicted molar refractivity (Wildman–Crippen MR) is 151 cm³/mol. The van der Waals surface area contributed by atoms with Gasteiger partial charge >= 0.3 is 6.18 Å². The largest absolute Gasteiger partial charge is 0.416 e. The Kier molecular flexibility index (Phi) is 10.0. The molecular weight excluding hydrogens is 641 g/mol. The first-order valence-corrected chi connectivity index (χ1v) is 17.1. The number of hydrogen-bond donors (Lipinski definition) is 2. The lowest BCUT2D eigenvalue weighted by Gasteiger charge is -2.34. The number of benzene rings is 1. The lowest BCUT2D eigenvalue weighted by Crippen LogP contribution is -2.55. The summed E-state index contributed by atoms with van der Waals surface area (Å²) in [6, 6.07) is 5.02. The van der Waals surface area contributed by atoms with E-state index in [0.29, 0.717) is 41.1 Å². The molecule has 3 heterocycles. The van der Waals surface area contributed by atoms with Crippen LogP contribution < -0.4 is 9.44 Å². The Labute approximate surface area is 250 Å². The van der Waals surface area contributed by atoms with E-state index in [1.807, 2.05) is 0 Å². The number of alkyl halides is 3. The SMILES string of the molecule is O=C1C(NS(=O)(=O)/C=C/c2ccc(Cl)s2)CCCN1CC(=O)N1CCCC1CNS(=O)(=O)c1cccc(C(F)(F)F)c1. The molecule has 2 saturated heterocycles. The zero-order valence-corrected chi connectivity index (χ0v) is 25.2. The van der Waals surface area contributed by atoms with Crippen molar-refractivity contribution in [3.63, 3.8) is 0 Å². The molecule has 1 aromatic heterocycles. The second-order valence-electron chi connectivity index (χ2n) is 9.82. The van der Waals surface area contributed by atoms with Crippen LogP contribution in [0.3, 0.4) is 0 Å². The van der Waals surface area contributed by atoms with Crippen molar-refractivity contribution in [3.05, 3.63) is 56.6 Å². The van der Waals surface area contributed by atoms with Crippen LogP contribution in [0, 0.1) is 0 Å². The lowest BCUT2D eigenvalue weighted by atomic mass is 10.1. The van der Waals surface area contributed by atoms with Crippen molar-refractivity contribution < 1.29 is 39.6 Å². The first kappa shape index (κ1) is 32.4. The molecule has 0 spiro atoms. The Bertz CT molecular complexity index is 1560. The maximum absolute atomic E-state index is 13.1. The summed E-state index contributed by atoms with van der Waals surface area (Å²) in [7, 11) is -8.26. The fourth-order valence-electron chi connectivity index (χ4n) is 4.78. The predicted octanol–water partition coefficient (Wildman–Crippen LogP) is 3.27. The van der Waals surface area contributed by atoms with Gasteiger partial charge in [0.15, 0.2) is 0 Å². The molecule has 2 amide bonds. The van der Waals surface area contributed by atoms with E-state index in [-0.39, 0.29) is 26.1 Å². The summed E-state index contributed by atoms with van der Waals surface area (Å²) in [5.74, 6) is -0.992. The Balaban J connectivity index is 1.34. The summed E-state index contributed by atoms with van der Waals surface area (Å²) in [5.41, 5.74) is -1.10. The Hall–Kier alpha value is -2.50. The Morgan fingerprint density at radius 2 is 1.83 bits per heavy atom. The molecule has 10 nitrogen and oxygen atoms in total. The van der Waals surface area contributed by atoms with E-state index in [1.54, 1.807) is 12.1 Å². The summed E-state index contributed by atoms with van der Waals surface area (Å²) < 4.78 is 94.7. The number of rotatable bonds is 10. The quantitative estimate of drug-likeness (QED) is 0.400. The molecule has 2 unspecified atom stereocenters. The fourth-order valence-corrected chi connectivity index (χ4v) is 7.97. The number of amides is 2. The van der Waals surface area contributed by atoms with Gasteiger partial charge in [-0.2, -0.15) is 17.9 Å². The summed E-state index contributed by atoms with van der Waals surface area (Å²) >= 11 is 7.04. The van der Waals surface area contributed by atoms with Gasteiger partial charge in [-0.05, 0) is 62.1 Å². The van der Waals surface area contributed by atoms with Crippen LogP contribution in [-0.4, -0.2) is 76.7 Å². The van der Waals surface area contributed by atoms with Crippen molar-refractivity contribution in [3.8, 4) is 0 Å². The third-order valence-corrected chi connectivity index (χ3v) is 10.6. The number of carbonyl (C=O) groups is 2. The van der Waals surface area contributed by atoms with Crippen molar-refractivity contribution >= 4 is 60.9 Å².